The van der Waals surface area contributed by atoms with E-state index in [1.165, 1.54) is 10.2 Å². The first-order valence-electron chi connectivity index (χ1n) is 7.68. The second kappa shape index (κ2) is 6.36. The average molecular weight is 350 g/mol. The molecule has 0 aliphatic carbocycles. The molecule has 0 radical (unpaired) electrons. The maximum atomic E-state index is 12.9. The maximum Gasteiger partial charge on any atom is 0.259 e. The molecule has 7 heteroatoms. The zero-order chi connectivity index (χ0) is 17.4. The Morgan fingerprint density at radius 2 is 1.83 bits per heavy atom. The zero-order valence-electron chi connectivity index (χ0n) is 14.2. The van der Waals surface area contributed by atoms with Crippen LogP contribution in [0.2, 0.25) is 5.15 Å². The summed E-state index contributed by atoms with van der Waals surface area (Å²) in [5.74, 6) is 1.29. The van der Waals surface area contributed by atoms with Crippen molar-refractivity contribution in [2.75, 3.05) is 20.8 Å². The second-order valence-electron chi connectivity index (χ2n) is 5.83. The van der Waals surface area contributed by atoms with Gasteiger partial charge in [-0.2, -0.15) is 5.10 Å². The third kappa shape index (κ3) is 2.71. The Balaban J connectivity index is 1.91. The van der Waals surface area contributed by atoms with Crippen LogP contribution >= 0.6 is 11.6 Å². The van der Waals surface area contributed by atoms with Crippen LogP contribution in [-0.4, -0.2) is 41.4 Å². The molecule has 0 fully saturated rings. The van der Waals surface area contributed by atoms with Gasteiger partial charge >= 0.3 is 0 Å². The Kier molecular flexibility index (Phi) is 4.41. The lowest BCUT2D eigenvalue weighted by Gasteiger charge is -2.29. The van der Waals surface area contributed by atoms with Crippen molar-refractivity contribution in [2.45, 2.75) is 19.9 Å². The molecule has 2 heterocycles. The molecule has 0 unspecified atom stereocenters. The van der Waals surface area contributed by atoms with Gasteiger partial charge in [-0.3, -0.25) is 9.48 Å². The molecule has 1 aromatic heterocycles. The predicted molar refractivity (Wildman–Crippen MR) is 90.9 cm³/mol. The van der Waals surface area contributed by atoms with Crippen LogP contribution in [-0.2, 0) is 20.0 Å². The van der Waals surface area contributed by atoms with Gasteiger partial charge in [0.25, 0.3) is 5.91 Å². The van der Waals surface area contributed by atoms with E-state index in [2.05, 4.69) is 5.10 Å². The summed E-state index contributed by atoms with van der Waals surface area (Å²) >= 11 is 6.23. The molecule has 2 aromatic rings. The summed E-state index contributed by atoms with van der Waals surface area (Å²) in [7, 11) is 4.96. The highest BCUT2D eigenvalue weighted by molar-refractivity contribution is 6.33. The minimum atomic E-state index is -0.0916. The number of hydrogen-bond donors (Lipinski definition) is 0. The Morgan fingerprint density at radius 1 is 1.21 bits per heavy atom. The van der Waals surface area contributed by atoms with Gasteiger partial charge in [-0.05, 0) is 36.6 Å². The van der Waals surface area contributed by atoms with Crippen LogP contribution < -0.4 is 9.47 Å². The van der Waals surface area contributed by atoms with E-state index in [0.717, 1.165) is 12.0 Å². The van der Waals surface area contributed by atoms with Crippen LogP contribution in [0.1, 0.15) is 27.2 Å². The second-order valence-corrected chi connectivity index (χ2v) is 6.19. The lowest BCUT2D eigenvalue weighted by atomic mass is 9.98. The molecule has 0 bridgehead atoms. The molecule has 3 rings (SSSR count). The van der Waals surface area contributed by atoms with Crippen molar-refractivity contribution in [2.24, 2.45) is 7.05 Å². The van der Waals surface area contributed by atoms with Gasteiger partial charge in [0.2, 0.25) is 0 Å². The molecule has 1 aliphatic heterocycles. The summed E-state index contributed by atoms with van der Waals surface area (Å²) in [4.78, 5) is 14.7. The summed E-state index contributed by atoms with van der Waals surface area (Å²) in [6.07, 6.45) is 0.762. The van der Waals surface area contributed by atoms with E-state index in [9.17, 15) is 4.79 Å². The number of benzene rings is 1. The number of amides is 1. The van der Waals surface area contributed by atoms with Crippen LogP contribution in [0.25, 0.3) is 0 Å². The number of methoxy groups -OCH3 is 2. The topological polar surface area (TPSA) is 56.6 Å². The summed E-state index contributed by atoms with van der Waals surface area (Å²) in [6, 6.07) is 3.92. The van der Waals surface area contributed by atoms with E-state index in [0.29, 0.717) is 41.0 Å². The van der Waals surface area contributed by atoms with Gasteiger partial charge < -0.3 is 14.4 Å². The quantitative estimate of drug-likeness (QED) is 0.854. The van der Waals surface area contributed by atoms with Crippen LogP contribution in [0, 0.1) is 6.92 Å². The average Bonchev–Trinajstić information content (AvgIpc) is 2.84. The van der Waals surface area contributed by atoms with Crippen LogP contribution in [0.5, 0.6) is 11.5 Å². The number of aryl methyl sites for hydroxylation is 2. The number of carbonyl (C=O) groups excluding carboxylic acids is 1. The molecule has 1 aromatic carbocycles. The minimum Gasteiger partial charge on any atom is -0.493 e. The summed E-state index contributed by atoms with van der Waals surface area (Å²) in [5, 5.41) is 4.59. The number of fused-ring (bicyclic) bond motifs is 1. The van der Waals surface area contributed by atoms with E-state index in [1.54, 1.807) is 33.1 Å². The van der Waals surface area contributed by atoms with E-state index in [1.807, 2.05) is 12.1 Å². The number of aromatic nitrogens is 2. The first-order valence-corrected chi connectivity index (χ1v) is 8.06. The molecule has 128 valence electrons. The van der Waals surface area contributed by atoms with Crippen molar-refractivity contribution in [1.29, 1.82) is 0 Å². The van der Waals surface area contributed by atoms with Gasteiger partial charge in [0.05, 0.1) is 25.5 Å². The third-order valence-electron chi connectivity index (χ3n) is 4.37. The normalized spacial score (nSPS) is 13.6. The molecule has 0 atom stereocenters. The first kappa shape index (κ1) is 16.6. The van der Waals surface area contributed by atoms with E-state index >= 15 is 0 Å². The highest BCUT2D eigenvalue weighted by Crippen LogP contribution is 2.34. The van der Waals surface area contributed by atoms with Gasteiger partial charge in [-0.25, -0.2) is 0 Å². The fourth-order valence-electron chi connectivity index (χ4n) is 3.09. The Hall–Kier alpha value is -2.21. The largest absolute Gasteiger partial charge is 0.493 e. The van der Waals surface area contributed by atoms with Gasteiger partial charge in [0.15, 0.2) is 11.5 Å². The molecule has 0 spiro atoms. The van der Waals surface area contributed by atoms with E-state index < -0.39 is 0 Å². The molecule has 0 saturated heterocycles. The van der Waals surface area contributed by atoms with Gasteiger partial charge in [-0.15, -0.1) is 0 Å². The standard InChI is InChI=1S/C17H20ClN3O3/c1-10-15(16(18)20(2)19-10)17(22)21-6-5-11-7-13(23-3)14(24-4)8-12(11)9-21/h7-8H,5-6,9H2,1-4H3. The van der Waals surface area contributed by atoms with E-state index in [4.69, 9.17) is 21.1 Å². The smallest absolute Gasteiger partial charge is 0.259 e. The van der Waals surface area contributed by atoms with E-state index in [-0.39, 0.29) is 5.91 Å². The highest BCUT2D eigenvalue weighted by Gasteiger charge is 2.28. The van der Waals surface area contributed by atoms with Gasteiger partial charge in [-0.1, -0.05) is 11.6 Å². The Morgan fingerprint density at radius 3 is 2.38 bits per heavy atom. The summed E-state index contributed by atoms with van der Waals surface area (Å²) in [6.45, 7) is 2.94. The summed E-state index contributed by atoms with van der Waals surface area (Å²) in [5.41, 5.74) is 3.35. The lowest BCUT2D eigenvalue weighted by molar-refractivity contribution is 0.0734. The maximum absolute atomic E-state index is 12.9. The number of carbonyl (C=O) groups is 1. The number of nitrogens with zero attached hydrogens (tertiary/aromatic N) is 3. The zero-order valence-corrected chi connectivity index (χ0v) is 15.0. The molecule has 24 heavy (non-hydrogen) atoms. The van der Waals surface area contributed by atoms with Crippen LogP contribution in [0.4, 0.5) is 0 Å². The lowest BCUT2D eigenvalue weighted by Crippen LogP contribution is -2.36. The van der Waals surface area contributed by atoms with Crippen molar-refractivity contribution in [3.05, 3.63) is 39.7 Å². The summed E-state index contributed by atoms with van der Waals surface area (Å²) < 4.78 is 12.2. The van der Waals surface area contributed by atoms with Crippen molar-refractivity contribution in [1.82, 2.24) is 14.7 Å². The fourth-order valence-corrected chi connectivity index (χ4v) is 3.34. The third-order valence-corrected chi connectivity index (χ3v) is 4.80. The number of halogens is 1. The van der Waals surface area contributed by atoms with Crippen molar-refractivity contribution >= 4 is 17.5 Å². The van der Waals surface area contributed by atoms with Crippen molar-refractivity contribution < 1.29 is 14.3 Å². The van der Waals surface area contributed by atoms with Crippen LogP contribution in [0.15, 0.2) is 12.1 Å². The van der Waals surface area contributed by atoms with Gasteiger partial charge in [0.1, 0.15) is 5.15 Å². The Bertz CT molecular complexity index is 801. The minimum absolute atomic E-state index is 0.0916. The number of hydrogen-bond acceptors (Lipinski definition) is 4. The molecule has 0 N–H and O–H groups in total. The predicted octanol–water partition coefficient (Wildman–Crippen LogP) is 2.60. The van der Waals surface area contributed by atoms with Crippen molar-refractivity contribution in [3.8, 4) is 11.5 Å². The molecule has 1 amide bonds. The van der Waals surface area contributed by atoms with Crippen molar-refractivity contribution in [3.63, 3.8) is 0 Å². The molecule has 6 nitrogen and oxygen atoms in total. The molecular weight excluding hydrogens is 330 g/mol. The molecule has 1 aliphatic rings. The van der Waals surface area contributed by atoms with Gasteiger partial charge in [0, 0.05) is 20.1 Å². The molecular formula is C17H20ClN3O3. The van der Waals surface area contributed by atoms with Crippen LogP contribution in [0.3, 0.4) is 0 Å². The SMILES string of the molecule is COc1cc2c(cc1OC)CN(C(=O)c1c(C)nn(C)c1Cl)CC2. The first-order chi connectivity index (χ1) is 11.5. The Labute approximate surface area is 145 Å². The highest BCUT2D eigenvalue weighted by atomic mass is 35.5. The molecule has 0 saturated carbocycles. The number of rotatable bonds is 3. The fraction of sp³-hybridized carbons (Fsp3) is 0.412. The monoisotopic (exact) mass is 349 g/mol. The number of ether oxygens (including phenoxy) is 2.